The molecular formula is C21H17N6NaO6S2. The molecule has 1 fully saturated rings. The van der Waals surface area contributed by atoms with Gasteiger partial charge in [-0.2, -0.15) is 5.26 Å². The van der Waals surface area contributed by atoms with Crippen molar-refractivity contribution in [3.05, 3.63) is 57.9 Å². The maximum atomic E-state index is 12.8. The van der Waals surface area contributed by atoms with Gasteiger partial charge < -0.3 is 30.5 Å². The van der Waals surface area contributed by atoms with E-state index in [0.29, 0.717) is 11.1 Å². The average molecular weight is 537 g/mol. The summed E-state index contributed by atoms with van der Waals surface area (Å²) >= 11 is 2.34. The monoisotopic (exact) mass is 536 g/mol. The first-order valence-corrected chi connectivity index (χ1v) is 11.9. The van der Waals surface area contributed by atoms with E-state index in [0.717, 1.165) is 16.2 Å². The number of benzene rings is 1. The summed E-state index contributed by atoms with van der Waals surface area (Å²) in [5.74, 6) is -2.71. The molecule has 0 aliphatic carbocycles. The molecule has 1 aromatic carbocycles. The van der Waals surface area contributed by atoms with Crippen molar-refractivity contribution in [2.24, 2.45) is 5.16 Å². The Balaban J connectivity index is 0.00000361. The van der Waals surface area contributed by atoms with E-state index < -0.39 is 29.2 Å². The van der Waals surface area contributed by atoms with Gasteiger partial charge in [-0.15, -0.1) is 23.1 Å². The number of amides is 2. The number of nitrogens with two attached hydrogens (primary N) is 1. The van der Waals surface area contributed by atoms with E-state index >= 15 is 0 Å². The molecule has 0 saturated carbocycles. The minimum atomic E-state index is -1.57. The normalized spacial score (nSPS) is 18.8. The van der Waals surface area contributed by atoms with E-state index in [9.17, 15) is 19.5 Å². The standard InChI is InChI=1S/C21H18N6O6S2.Na/c1-32-26-14(12-8-35-21(23)24-12)17(28)25-15-18(29)27-16(20(30)31)13(9-34-19(15)27)33-7-11-4-2-10(6-22)3-5-11;/h2-5,8,15,19H,7,9H2,1H3,(H2,23,24)(H,25,28)(H,30,31);/q;+1/p-1/b26-14-;/t15-,19-;/m1./s1. The van der Waals surface area contributed by atoms with Crippen molar-refractivity contribution in [3.63, 3.8) is 0 Å². The number of ether oxygens (including phenoxy) is 1. The van der Waals surface area contributed by atoms with Gasteiger partial charge in [0, 0.05) is 5.38 Å². The largest absolute Gasteiger partial charge is 1.00 e. The summed E-state index contributed by atoms with van der Waals surface area (Å²) in [5.41, 5.74) is 6.45. The fourth-order valence-corrected chi connectivity index (χ4v) is 5.26. The quantitative estimate of drug-likeness (QED) is 0.149. The van der Waals surface area contributed by atoms with Gasteiger partial charge in [0.25, 0.3) is 11.8 Å². The number of nitrogens with one attached hydrogen (secondary N) is 1. The Hall–Kier alpha value is -3.09. The van der Waals surface area contributed by atoms with Crippen LogP contribution < -0.4 is 45.7 Å². The zero-order valence-corrected chi connectivity index (χ0v) is 22.7. The van der Waals surface area contributed by atoms with Crippen LogP contribution >= 0.6 is 23.1 Å². The number of nitrogens with zero attached hydrogens (tertiary/aromatic N) is 4. The second-order valence-electron chi connectivity index (χ2n) is 7.21. The number of carboxylic acid groups (broad SMARTS) is 1. The minimum Gasteiger partial charge on any atom is -0.543 e. The summed E-state index contributed by atoms with van der Waals surface area (Å²) in [6.07, 6.45) is 0. The summed E-state index contributed by atoms with van der Waals surface area (Å²) < 4.78 is 5.68. The van der Waals surface area contributed by atoms with Crippen LogP contribution in [0.1, 0.15) is 16.8 Å². The summed E-state index contributed by atoms with van der Waals surface area (Å²) in [6.45, 7) is 0.0405. The topological polar surface area (TPSA) is 183 Å². The summed E-state index contributed by atoms with van der Waals surface area (Å²) in [7, 11) is 1.26. The fraction of sp³-hybridized carbons (Fsp3) is 0.238. The zero-order chi connectivity index (χ0) is 25.1. The van der Waals surface area contributed by atoms with Gasteiger partial charge in [-0.3, -0.25) is 14.5 Å². The molecule has 15 heteroatoms. The van der Waals surface area contributed by atoms with Crippen LogP contribution in [0.2, 0.25) is 0 Å². The molecule has 36 heavy (non-hydrogen) atoms. The molecule has 0 bridgehead atoms. The van der Waals surface area contributed by atoms with Crippen molar-refractivity contribution in [3.8, 4) is 6.07 Å². The zero-order valence-electron chi connectivity index (χ0n) is 19.1. The summed E-state index contributed by atoms with van der Waals surface area (Å²) in [6, 6.07) is 7.62. The van der Waals surface area contributed by atoms with Gasteiger partial charge in [0.2, 0.25) is 0 Å². The van der Waals surface area contributed by atoms with Crippen LogP contribution in [0.15, 0.2) is 46.3 Å². The second kappa shape index (κ2) is 11.8. The number of thiazole rings is 1. The molecule has 4 rings (SSSR count). The molecule has 2 aromatic rings. The molecule has 12 nitrogen and oxygen atoms in total. The number of β-lactam (4-membered cyclic amide) rings is 1. The van der Waals surface area contributed by atoms with E-state index in [4.69, 9.17) is 20.6 Å². The number of carbonyl (C=O) groups is 3. The number of fused-ring (bicyclic) bond motifs is 1. The predicted octanol–water partition coefficient (Wildman–Crippen LogP) is -3.47. The number of carboxylic acids is 1. The number of aliphatic carboxylic acids is 1. The van der Waals surface area contributed by atoms with E-state index in [1.54, 1.807) is 24.3 Å². The van der Waals surface area contributed by atoms with Crippen LogP contribution in [0.5, 0.6) is 0 Å². The third-order valence-electron chi connectivity index (χ3n) is 5.07. The molecule has 2 aliphatic rings. The molecule has 3 heterocycles. The molecule has 0 unspecified atom stereocenters. The maximum absolute atomic E-state index is 12.8. The smallest absolute Gasteiger partial charge is 0.543 e. The second-order valence-corrected chi connectivity index (χ2v) is 9.21. The number of oxime groups is 1. The maximum Gasteiger partial charge on any atom is 1.00 e. The van der Waals surface area contributed by atoms with Gasteiger partial charge >= 0.3 is 29.6 Å². The average Bonchev–Trinajstić information content (AvgIpc) is 3.29. The first-order valence-electron chi connectivity index (χ1n) is 9.98. The predicted molar refractivity (Wildman–Crippen MR) is 123 cm³/mol. The van der Waals surface area contributed by atoms with Crippen molar-refractivity contribution >= 4 is 51.7 Å². The number of anilines is 1. The van der Waals surface area contributed by atoms with Gasteiger partial charge in [-0.05, 0) is 17.7 Å². The van der Waals surface area contributed by atoms with Crippen molar-refractivity contribution < 1.29 is 58.6 Å². The van der Waals surface area contributed by atoms with E-state index in [1.807, 2.05) is 6.07 Å². The van der Waals surface area contributed by atoms with Crippen LogP contribution in [0, 0.1) is 11.3 Å². The first kappa shape index (κ1) is 27.5. The number of nitrogen functional groups attached to an aromatic ring is 1. The molecule has 1 saturated heterocycles. The van der Waals surface area contributed by atoms with Gasteiger partial charge in [0.1, 0.15) is 42.3 Å². The van der Waals surface area contributed by atoms with Gasteiger partial charge in [0.05, 0.1) is 23.4 Å². The van der Waals surface area contributed by atoms with Gasteiger partial charge in [0.15, 0.2) is 10.8 Å². The minimum absolute atomic E-state index is 0. The Bertz CT molecular complexity index is 1290. The van der Waals surface area contributed by atoms with Crippen molar-refractivity contribution in [2.45, 2.75) is 18.0 Å². The number of nitriles is 1. The first-order chi connectivity index (χ1) is 16.8. The van der Waals surface area contributed by atoms with Crippen LogP contribution in [-0.4, -0.2) is 57.7 Å². The third-order valence-corrected chi connectivity index (χ3v) is 7.00. The molecule has 0 radical (unpaired) electrons. The Morgan fingerprint density at radius 1 is 1.39 bits per heavy atom. The number of carbonyl (C=O) groups excluding carboxylic acids is 3. The van der Waals surface area contributed by atoms with E-state index in [2.05, 4.69) is 15.5 Å². The molecule has 3 N–H and O–H groups in total. The molecule has 180 valence electrons. The van der Waals surface area contributed by atoms with Crippen LogP contribution in [-0.2, 0) is 30.6 Å². The van der Waals surface area contributed by atoms with Crippen molar-refractivity contribution in [1.29, 1.82) is 5.26 Å². The SMILES string of the molecule is CO/N=C(\C(=O)N[C@@H]1C(=O)N2C(C(=O)[O-])=C(OCc3ccc(C#N)cc3)CS[C@H]12)c1csc(N)n1.[Na+]. The summed E-state index contributed by atoms with van der Waals surface area (Å²) in [5, 5.41) is 28.1. The number of hydrogen-bond donors (Lipinski definition) is 2. The van der Waals surface area contributed by atoms with Crippen LogP contribution in [0.3, 0.4) is 0 Å². The molecule has 1 aromatic heterocycles. The fourth-order valence-electron chi connectivity index (χ4n) is 3.44. The van der Waals surface area contributed by atoms with E-state index in [-0.39, 0.29) is 69.9 Å². The summed E-state index contributed by atoms with van der Waals surface area (Å²) in [4.78, 5) is 47.3. The van der Waals surface area contributed by atoms with Crippen molar-refractivity contribution in [1.82, 2.24) is 15.2 Å². The van der Waals surface area contributed by atoms with Gasteiger partial charge in [-0.1, -0.05) is 17.3 Å². The Kier molecular flexibility index (Phi) is 8.98. The Morgan fingerprint density at radius 2 is 2.11 bits per heavy atom. The Labute approximate surface area is 235 Å². The molecule has 0 spiro atoms. The number of thioether (sulfide) groups is 1. The van der Waals surface area contributed by atoms with Crippen LogP contribution in [0.4, 0.5) is 5.13 Å². The molecular weight excluding hydrogens is 519 g/mol. The van der Waals surface area contributed by atoms with Crippen LogP contribution in [0.25, 0.3) is 0 Å². The van der Waals surface area contributed by atoms with E-state index in [1.165, 1.54) is 24.3 Å². The number of aromatic nitrogens is 1. The molecule has 2 atom stereocenters. The number of rotatable bonds is 8. The van der Waals surface area contributed by atoms with Gasteiger partial charge in [-0.25, -0.2) is 4.98 Å². The van der Waals surface area contributed by atoms with Crippen molar-refractivity contribution in [2.75, 3.05) is 18.6 Å². The Morgan fingerprint density at radius 3 is 2.69 bits per heavy atom. The molecule has 2 amide bonds. The number of hydrogen-bond acceptors (Lipinski definition) is 12. The molecule has 2 aliphatic heterocycles. The third kappa shape index (κ3) is 5.50.